The van der Waals surface area contributed by atoms with Crippen LogP contribution in [0, 0.1) is 0 Å². The summed E-state index contributed by atoms with van der Waals surface area (Å²) >= 11 is 6.12. The number of ketones is 1. The maximum Gasteiger partial charge on any atom is 0.245 e. The van der Waals surface area contributed by atoms with Crippen LogP contribution in [-0.4, -0.2) is 100.0 Å². The van der Waals surface area contributed by atoms with Crippen LogP contribution >= 0.6 is 11.6 Å². The van der Waals surface area contributed by atoms with Gasteiger partial charge in [0.1, 0.15) is 6.04 Å². The molecular formula is C35H40ClN5O5S. The van der Waals surface area contributed by atoms with E-state index >= 15 is 0 Å². The molecule has 3 heterocycles. The van der Waals surface area contributed by atoms with E-state index in [0.717, 1.165) is 11.1 Å². The average Bonchev–Trinajstić information content (AvgIpc) is 3.40. The maximum atomic E-state index is 14.1. The highest BCUT2D eigenvalue weighted by Crippen LogP contribution is 2.47. The van der Waals surface area contributed by atoms with Crippen LogP contribution in [-0.2, 0) is 31.4 Å². The molecule has 0 radical (unpaired) electrons. The standard InChI is InChI=1S/C35H40ClN5O5S/c1-47(45,46)41-24-35(28-9-5-6-10-31(28)41)15-18-40(19-16-35)34(44)29(21-25-11-13-27(36)14-12-25)38-33(43)30-22-39(20-17-37-30)23-32(42)26-7-3-2-4-8-26/h2-14,29-30,37H,15-24H2,1H3,(H,38,43). The Morgan fingerprint density at radius 1 is 0.957 bits per heavy atom. The van der Waals surface area contributed by atoms with Crippen LogP contribution in [0.3, 0.4) is 0 Å². The van der Waals surface area contributed by atoms with Crippen molar-refractivity contribution in [2.75, 3.05) is 56.4 Å². The van der Waals surface area contributed by atoms with E-state index in [1.165, 1.54) is 10.6 Å². The summed E-state index contributed by atoms with van der Waals surface area (Å²) in [5, 5.41) is 6.87. The number of amides is 2. The number of sulfonamides is 1. The monoisotopic (exact) mass is 677 g/mol. The molecule has 10 nitrogen and oxygen atoms in total. The van der Waals surface area contributed by atoms with Crippen molar-refractivity contribution in [2.45, 2.75) is 36.8 Å². The van der Waals surface area contributed by atoms with Gasteiger partial charge in [0.2, 0.25) is 21.8 Å². The Morgan fingerprint density at radius 2 is 1.64 bits per heavy atom. The summed E-state index contributed by atoms with van der Waals surface area (Å²) in [6.45, 7) is 2.95. The molecule has 12 heteroatoms. The lowest BCUT2D eigenvalue weighted by Crippen LogP contribution is -2.61. The molecule has 0 aromatic heterocycles. The molecule has 2 unspecified atom stereocenters. The summed E-state index contributed by atoms with van der Waals surface area (Å²) in [5.41, 5.74) is 2.83. The van der Waals surface area contributed by atoms with Crippen molar-refractivity contribution in [3.63, 3.8) is 0 Å². The molecule has 0 saturated carbocycles. The van der Waals surface area contributed by atoms with Gasteiger partial charge in [-0.15, -0.1) is 0 Å². The first-order valence-corrected chi connectivity index (χ1v) is 18.2. The van der Waals surface area contributed by atoms with Crippen molar-refractivity contribution < 1.29 is 22.8 Å². The third-order valence-electron chi connectivity index (χ3n) is 9.63. The van der Waals surface area contributed by atoms with Crippen LogP contribution < -0.4 is 14.9 Å². The Balaban J connectivity index is 1.14. The second kappa shape index (κ2) is 13.8. The third-order valence-corrected chi connectivity index (χ3v) is 11.0. The Bertz CT molecular complexity index is 1730. The van der Waals surface area contributed by atoms with E-state index in [-0.39, 0.29) is 36.0 Å². The number of nitrogens with one attached hydrogen (secondary N) is 2. The molecule has 0 bridgehead atoms. The number of fused-ring (bicyclic) bond motifs is 2. The van der Waals surface area contributed by atoms with Crippen LogP contribution in [0.25, 0.3) is 0 Å². The first-order chi connectivity index (χ1) is 22.5. The van der Waals surface area contributed by atoms with Crippen molar-refractivity contribution in [3.05, 3.63) is 101 Å². The number of piperidine rings is 1. The molecule has 1 spiro atoms. The highest BCUT2D eigenvalue weighted by Gasteiger charge is 2.48. The average molecular weight is 678 g/mol. The number of carbonyl (C=O) groups excluding carboxylic acids is 3. The van der Waals surface area contributed by atoms with Crippen molar-refractivity contribution in [2.24, 2.45) is 0 Å². The molecule has 248 valence electrons. The number of Topliss-reactive ketones (excluding diaryl/α,β-unsaturated/α-hetero) is 1. The second-order valence-electron chi connectivity index (χ2n) is 12.8. The first-order valence-electron chi connectivity index (χ1n) is 16.0. The van der Waals surface area contributed by atoms with Crippen molar-refractivity contribution in [1.82, 2.24) is 20.4 Å². The number of halogens is 1. The van der Waals surface area contributed by atoms with Gasteiger partial charge in [-0.3, -0.25) is 23.6 Å². The maximum absolute atomic E-state index is 14.1. The number of hydrogen-bond donors (Lipinski definition) is 2. The van der Waals surface area contributed by atoms with Gasteiger partial charge in [-0.1, -0.05) is 72.3 Å². The minimum absolute atomic E-state index is 0.00476. The summed E-state index contributed by atoms with van der Waals surface area (Å²) in [5.74, 6) is -0.479. The number of benzene rings is 3. The van der Waals surface area contributed by atoms with Gasteiger partial charge in [-0.2, -0.15) is 0 Å². The number of hydrogen-bond acceptors (Lipinski definition) is 7. The highest BCUT2D eigenvalue weighted by atomic mass is 35.5. The summed E-state index contributed by atoms with van der Waals surface area (Å²) in [7, 11) is -3.45. The topological polar surface area (TPSA) is 119 Å². The Kier molecular flexibility index (Phi) is 9.70. The molecule has 2 fully saturated rings. The number of likely N-dealkylation sites (tertiary alicyclic amines) is 1. The molecule has 3 aromatic rings. The molecule has 47 heavy (non-hydrogen) atoms. The van der Waals surface area contributed by atoms with E-state index in [2.05, 4.69) is 10.6 Å². The van der Waals surface area contributed by atoms with E-state index in [1.54, 1.807) is 29.2 Å². The molecule has 2 N–H and O–H groups in total. The van der Waals surface area contributed by atoms with E-state index in [1.807, 2.05) is 59.5 Å². The fourth-order valence-electron chi connectivity index (χ4n) is 7.06. The largest absolute Gasteiger partial charge is 0.343 e. The SMILES string of the molecule is CS(=O)(=O)N1CC2(CCN(C(=O)C(Cc3ccc(Cl)cc3)NC(=O)C3CN(CC(=O)c4ccccc4)CCN3)CC2)c2ccccc21. The number of carbonyl (C=O) groups is 3. The number of para-hydroxylation sites is 1. The molecule has 3 aliphatic heterocycles. The van der Waals surface area contributed by atoms with Gasteiger partial charge in [-0.25, -0.2) is 8.42 Å². The Hall–Kier alpha value is -3.77. The molecule has 0 aliphatic carbocycles. The van der Waals surface area contributed by atoms with Gasteiger partial charge in [0, 0.05) is 61.7 Å². The first kappa shape index (κ1) is 33.1. The number of rotatable bonds is 9. The minimum Gasteiger partial charge on any atom is -0.343 e. The van der Waals surface area contributed by atoms with Crippen molar-refractivity contribution in [1.29, 1.82) is 0 Å². The highest BCUT2D eigenvalue weighted by molar-refractivity contribution is 7.92. The summed E-state index contributed by atoms with van der Waals surface area (Å²) in [4.78, 5) is 44.4. The Labute approximate surface area is 281 Å². The molecule has 2 atom stereocenters. The molecule has 2 amide bonds. The van der Waals surface area contributed by atoms with E-state index in [9.17, 15) is 22.8 Å². The number of anilines is 1. The van der Waals surface area contributed by atoms with Crippen molar-refractivity contribution in [3.8, 4) is 0 Å². The van der Waals surface area contributed by atoms with E-state index in [0.29, 0.717) is 68.4 Å². The summed E-state index contributed by atoms with van der Waals surface area (Å²) < 4.78 is 26.8. The van der Waals surface area contributed by atoms with Gasteiger partial charge in [-0.05, 0) is 42.2 Å². The Morgan fingerprint density at radius 3 is 2.34 bits per heavy atom. The van der Waals surface area contributed by atoms with Gasteiger partial charge >= 0.3 is 0 Å². The second-order valence-corrected chi connectivity index (χ2v) is 15.2. The zero-order valence-corrected chi connectivity index (χ0v) is 28.0. The van der Waals surface area contributed by atoms with Crippen LogP contribution in [0.1, 0.15) is 34.3 Å². The van der Waals surface area contributed by atoms with Crippen LogP contribution in [0.5, 0.6) is 0 Å². The van der Waals surface area contributed by atoms with Gasteiger partial charge in [0.05, 0.1) is 24.5 Å². The fraction of sp³-hybridized carbons (Fsp3) is 0.400. The fourth-order valence-corrected chi connectivity index (χ4v) is 8.18. The number of piperazine rings is 1. The summed E-state index contributed by atoms with van der Waals surface area (Å²) in [6.07, 6.45) is 2.74. The summed E-state index contributed by atoms with van der Waals surface area (Å²) in [6, 6.07) is 22.6. The van der Waals surface area contributed by atoms with E-state index < -0.39 is 22.1 Å². The van der Waals surface area contributed by atoms with Crippen molar-refractivity contribution >= 4 is 44.9 Å². The van der Waals surface area contributed by atoms with Gasteiger partial charge < -0.3 is 15.5 Å². The normalized spacial score (nSPS) is 20.1. The predicted molar refractivity (Wildman–Crippen MR) is 182 cm³/mol. The quantitative estimate of drug-likeness (QED) is 0.335. The van der Waals surface area contributed by atoms with Crippen LogP contribution in [0.4, 0.5) is 5.69 Å². The lowest BCUT2D eigenvalue weighted by molar-refractivity contribution is -0.138. The minimum atomic E-state index is -3.45. The lowest BCUT2D eigenvalue weighted by Gasteiger charge is -2.41. The zero-order chi connectivity index (χ0) is 33.2. The third kappa shape index (κ3) is 7.38. The zero-order valence-electron chi connectivity index (χ0n) is 26.4. The van der Waals surface area contributed by atoms with Crippen LogP contribution in [0.2, 0.25) is 5.02 Å². The van der Waals surface area contributed by atoms with Gasteiger partial charge in [0.15, 0.2) is 5.78 Å². The smallest absolute Gasteiger partial charge is 0.245 e. The molecule has 2 saturated heterocycles. The van der Waals surface area contributed by atoms with Gasteiger partial charge in [0.25, 0.3) is 0 Å². The molecule has 6 rings (SSSR count). The van der Waals surface area contributed by atoms with E-state index in [4.69, 9.17) is 11.6 Å². The van der Waals surface area contributed by atoms with Crippen LogP contribution in [0.15, 0.2) is 78.9 Å². The lowest BCUT2D eigenvalue weighted by atomic mass is 9.74. The number of nitrogens with zero attached hydrogens (tertiary/aromatic N) is 3. The molecule has 3 aliphatic rings. The predicted octanol–water partition coefficient (Wildman–Crippen LogP) is 2.86. The molecular weight excluding hydrogens is 638 g/mol. The molecule has 3 aromatic carbocycles.